The van der Waals surface area contributed by atoms with Crippen molar-refractivity contribution < 1.29 is 19.1 Å². The minimum absolute atomic E-state index is 0.108. The molecule has 1 fully saturated rings. The molecule has 4 N–H and O–H groups in total. The molecule has 1 saturated carbocycles. The largest absolute Gasteiger partial charge is 0.447 e. The van der Waals surface area contributed by atoms with Crippen molar-refractivity contribution in [2.24, 2.45) is 0 Å². The second-order valence-electron chi connectivity index (χ2n) is 9.17. The molecule has 0 atom stereocenters. The number of carbonyl (C=O) groups excluding carboxylic acids is 2. The van der Waals surface area contributed by atoms with Crippen LogP contribution >= 0.6 is 0 Å². The van der Waals surface area contributed by atoms with Crippen LogP contribution in [0.5, 0.6) is 0 Å². The summed E-state index contributed by atoms with van der Waals surface area (Å²) >= 11 is 0. The van der Waals surface area contributed by atoms with Crippen LogP contribution in [0.4, 0.5) is 5.82 Å². The van der Waals surface area contributed by atoms with E-state index in [0.717, 1.165) is 24.0 Å². The minimum Gasteiger partial charge on any atom is -0.447 e. The van der Waals surface area contributed by atoms with E-state index >= 15 is 0 Å². The Bertz CT molecular complexity index is 1190. The normalized spacial score (nSPS) is 13.4. The van der Waals surface area contributed by atoms with Crippen LogP contribution in [0.25, 0.3) is 11.1 Å². The zero-order valence-electron chi connectivity index (χ0n) is 19.5. The van der Waals surface area contributed by atoms with Crippen LogP contribution in [-0.4, -0.2) is 45.1 Å². The monoisotopic (exact) mass is 463 g/mol. The zero-order chi connectivity index (χ0) is 24.3. The molecule has 2 amide bonds. The smallest absolute Gasteiger partial charge is 0.255 e. The number of rotatable bonds is 9. The summed E-state index contributed by atoms with van der Waals surface area (Å²) in [5.74, 6) is 0.244. The van der Waals surface area contributed by atoms with E-state index in [2.05, 4.69) is 25.9 Å². The SMILES string of the molecule is Cc1ccc(C(=O)NC2CC2)cc1-c1cnc(NC(C)(C)CO)c(C(=O)NCc2ncco2)c1. The van der Waals surface area contributed by atoms with Crippen molar-refractivity contribution in [1.82, 2.24) is 20.6 Å². The number of aliphatic hydroxyl groups excluding tert-OH is 1. The van der Waals surface area contributed by atoms with Gasteiger partial charge in [0.05, 0.1) is 30.5 Å². The third kappa shape index (κ3) is 5.60. The number of aliphatic hydroxyl groups is 1. The molecular weight excluding hydrogens is 434 g/mol. The van der Waals surface area contributed by atoms with E-state index in [4.69, 9.17) is 4.42 Å². The molecule has 0 bridgehead atoms. The van der Waals surface area contributed by atoms with E-state index in [1.54, 1.807) is 18.3 Å². The first-order chi connectivity index (χ1) is 16.3. The Kier molecular flexibility index (Phi) is 6.65. The maximum absolute atomic E-state index is 13.1. The summed E-state index contributed by atoms with van der Waals surface area (Å²) in [5.41, 5.74) is 2.64. The van der Waals surface area contributed by atoms with Crippen molar-refractivity contribution in [3.05, 3.63) is 65.5 Å². The number of aromatic nitrogens is 2. The predicted molar refractivity (Wildman–Crippen MR) is 127 cm³/mol. The Morgan fingerprint density at radius 3 is 2.65 bits per heavy atom. The van der Waals surface area contributed by atoms with Crippen LogP contribution in [0.1, 0.15) is 58.9 Å². The average Bonchev–Trinajstić information content (AvgIpc) is 3.47. The summed E-state index contributed by atoms with van der Waals surface area (Å²) in [6, 6.07) is 7.51. The maximum atomic E-state index is 13.1. The molecule has 9 nitrogen and oxygen atoms in total. The standard InChI is InChI=1S/C25H29N5O4/c1-15-4-5-16(23(32)29-18-6-7-18)10-19(15)17-11-20(22(27-12-17)30-25(2,3)14-31)24(33)28-13-21-26-8-9-34-21/h4-5,8-12,18,31H,6-7,13-14H2,1-3H3,(H,27,30)(H,28,33)(H,29,32). The van der Waals surface area contributed by atoms with E-state index in [-0.39, 0.29) is 31.0 Å². The predicted octanol–water partition coefficient (Wildman–Crippen LogP) is 3.05. The van der Waals surface area contributed by atoms with Gasteiger partial charge in [0.25, 0.3) is 11.8 Å². The summed E-state index contributed by atoms with van der Waals surface area (Å²) in [4.78, 5) is 34.2. The highest BCUT2D eigenvalue weighted by molar-refractivity contribution is 6.00. The zero-order valence-corrected chi connectivity index (χ0v) is 19.5. The van der Waals surface area contributed by atoms with Crippen molar-refractivity contribution in [3.8, 4) is 11.1 Å². The summed E-state index contributed by atoms with van der Waals surface area (Å²) in [6.45, 7) is 5.54. The first kappa shape index (κ1) is 23.4. The first-order valence-corrected chi connectivity index (χ1v) is 11.2. The first-order valence-electron chi connectivity index (χ1n) is 11.2. The molecule has 0 radical (unpaired) electrons. The Morgan fingerprint density at radius 1 is 1.18 bits per heavy atom. The van der Waals surface area contributed by atoms with Crippen LogP contribution in [0, 0.1) is 6.92 Å². The number of oxazole rings is 1. The number of anilines is 1. The Balaban J connectivity index is 1.67. The van der Waals surface area contributed by atoms with Gasteiger partial charge in [0.2, 0.25) is 5.89 Å². The van der Waals surface area contributed by atoms with Gasteiger partial charge in [-0.2, -0.15) is 0 Å². The number of hydrogen-bond donors (Lipinski definition) is 4. The van der Waals surface area contributed by atoms with Crippen LogP contribution in [-0.2, 0) is 6.54 Å². The van der Waals surface area contributed by atoms with Crippen LogP contribution in [0.2, 0.25) is 0 Å². The molecule has 2 aromatic heterocycles. The lowest BCUT2D eigenvalue weighted by Crippen LogP contribution is -2.36. The minimum atomic E-state index is -0.692. The number of pyridine rings is 1. The molecule has 34 heavy (non-hydrogen) atoms. The molecule has 178 valence electrons. The van der Waals surface area contributed by atoms with Gasteiger partial charge >= 0.3 is 0 Å². The van der Waals surface area contributed by atoms with Crippen LogP contribution < -0.4 is 16.0 Å². The Morgan fingerprint density at radius 2 is 1.97 bits per heavy atom. The fourth-order valence-corrected chi connectivity index (χ4v) is 3.41. The highest BCUT2D eigenvalue weighted by Gasteiger charge is 2.25. The number of carbonyl (C=O) groups is 2. The van der Waals surface area contributed by atoms with Gasteiger partial charge in [-0.1, -0.05) is 6.07 Å². The number of nitrogens with one attached hydrogen (secondary N) is 3. The van der Waals surface area contributed by atoms with Gasteiger partial charge in [-0.25, -0.2) is 9.97 Å². The molecule has 0 unspecified atom stereocenters. The highest BCUT2D eigenvalue weighted by atomic mass is 16.3. The van der Waals surface area contributed by atoms with Gasteiger partial charge in [-0.15, -0.1) is 0 Å². The van der Waals surface area contributed by atoms with E-state index < -0.39 is 5.54 Å². The third-order valence-corrected chi connectivity index (χ3v) is 5.59. The summed E-state index contributed by atoms with van der Waals surface area (Å²) in [7, 11) is 0. The fraction of sp³-hybridized carbons (Fsp3) is 0.360. The number of benzene rings is 1. The lowest BCUT2D eigenvalue weighted by molar-refractivity contribution is 0.0941. The molecule has 1 aliphatic carbocycles. The second-order valence-corrected chi connectivity index (χ2v) is 9.17. The molecule has 2 heterocycles. The average molecular weight is 464 g/mol. The van der Waals surface area contributed by atoms with Crippen molar-refractivity contribution in [1.29, 1.82) is 0 Å². The van der Waals surface area contributed by atoms with E-state index in [1.807, 2.05) is 32.9 Å². The van der Waals surface area contributed by atoms with E-state index in [9.17, 15) is 14.7 Å². The molecular formula is C25H29N5O4. The molecule has 9 heteroatoms. The van der Waals surface area contributed by atoms with Crippen molar-refractivity contribution in [2.75, 3.05) is 11.9 Å². The number of aryl methyl sites for hydroxylation is 1. The molecule has 1 aromatic carbocycles. The van der Waals surface area contributed by atoms with Gasteiger partial charge in [-0.05, 0) is 62.9 Å². The lowest BCUT2D eigenvalue weighted by atomic mass is 9.97. The summed E-state index contributed by atoms with van der Waals surface area (Å²) < 4.78 is 5.20. The van der Waals surface area contributed by atoms with Gasteiger partial charge in [0.15, 0.2) is 0 Å². The van der Waals surface area contributed by atoms with Crippen molar-refractivity contribution in [3.63, 3.8) is 0 Å². The molecule has 0 aliphatic heterocycles. The Hall–Kier alpha value is -3.72. The van der Waals surface area contributed by atoms with Crippen LogP contribution in [0.3, 0.4) is 0 Å². The summed E-state index contributed by atoms with van der Waals surface area (Å²) in [5, 5.41) is 18.6. The lowest BCUT2D eigenvalue weighted by Gasteiger charge is -2.25. The fourth-order valence-electron chi connectivity index (χ4n) is 3.41. The number of amides is 2. The maximum Gasteiger partial charge on any atom is 0.255 e. The molecule has 4 rings (SSSR count). The molecule has 3 aromatic rings. The van der Waals surface area contributed by atoms with Crippen LogP contribution in [0.15, 0.2) is 47.3 Å². The highest BCUT2D eigenvalue weighted by Crippen LogP contribution is 2.29. The van der Waals surface area contributed by atoms with Gasteiger partial charge in [0.1, 0.15) is 12.1 Å². The van der Waals surface area contributed by atoms with E-state index in [0.29, 0.717) is 28.4 Å². The van der Waals surface area contributed by atoms with Gasteiger partial charge in [0, 0.05) is 23.4 Å². The molecule has 0 spiro atoms. The third-order valence-electron chi connectivity index (χ3n) is 5.59. The summed E-state index contributed by atoms with van der Waals surface area (Å²) in [6.07, 6.45) is 6.63. The quantitative estimate of drug-likeness (QED) is 0.384. The molecule has 0 saturated heterocycles. The number of nitrogens with zero attached hydrogens (tertiary/aromatic N) is 2. The number of hydrogen-bond acceptors (Lipinski definition) is 7. The topological polar surface area (TPSA) is 129 Å². The van der Waals surface area contributed by atoms with Crippen molar-refractivity contribution >= 4 is 17.6 Å². The van der Waals surface area contributed by atoms with E-state index in [1.165, 1.54) is 12.5 Å². The molecule has 1 aliphatic rings. The van der Waals surface area contributed by atoms with Gasteiger partial charge in [-0.3, -0.25) is 9.59 Å². The Labute approximate surface area is 198 Å². The second kappa shape index (κ2) is 9.64. The van der Waals surface area contributed by atoms with Crippen molar-refractivity contribution in [2.45, 2.75) is 51.7 Å². The van der Waals surface area contributed by atoms with Gasteiger partial charge < -0.3 is 25.5 Å².